The Morgan fingerprint density at radius 1 is 1.08 bits per heavy atom. The highest BCUT2D eigenvalue weighted by molar-refractivity contribution is 8.00. The lowest BCUT2D eigenvalue weighted by Gasteiger charge is -2.40. The fraction of sp³-hybridized carbons (Fsp3) is 0.400. The second kappa shape index (κ2) is 11.2. The monoisotopic (exact) mass is 515 g/mol. The van der Waals surface area contributed by atoms with Gasteiger partial charge in [-0.05, 0) is 67.1 Å². The maximum Gasteiger partial charge on any atom is 0.446 e. The number of thioether (sulfide) groups is 1. The third-order valence-electron chi connectivity index (χ3n) is 6.28. The molecule has 0 aliphatic carbocycles. The molecule has 2 heterocycles. The van der Waals surface area contributed by atoms with Gasteiger partial charge in [0.15, 0.2) is 0 Å². The molecule has 2 aromatic rings. The lowest BCUT2D eigenvalue weighted by molar-refractivity contribution is -0.118. The zero-order valence-corrected chi connectivity index (χ0v) is 20.1. The van der Waals surface area contributed by atoms with Crippen LogP contribution in [0.25, 0.3) is 0 Å². The minimum Gasteiger partial charge on any atom is -0.491 e. The normalized spacial score (nSPS) is 19.9. The summed E-state index contributed by atoms with van der Waals surface area (Å²) < 4.78 is 43.2. The third kappa shape index (κ3) is 6.70. The fourth-order valence-electron chi connectivity index (χ4n) is 4.79. The van der Waals surface area contributed by atoms with Crippen molar-refractivity contribution in [2.75, 3.05) is 38.1 Å². The summed E-state index contributed by atoms with van der Waals surface area (Å²) in [6, 6.07) is 15.1. The summed E-state index contributed by atoms with van der Waals surface area (Å²) in [6.07, 6.45) is 2.06. The van der Waals surface area contributed by atoms with E-state index in [2.05, 4.69) is 21.2 Å². The van der Waals surface area contributed by atoms with Crippen molar-refractivity contribution in [1.29, 1.82) is 10.5 Å². The smallest absolute Gasteiger partial charge is 0.446 e. The summed E-state index contributed by atoms with van der Waals surface area (Å²) >= 11 is -0.189. The van der Waals surface area contributed by atoms with E-state index in [4.69, 9.17) is 10.00 Å². The second-order valence-electron chi connectivity index (χ2n) is 8.72. The maximum absolute atomic E-state index is 12.5. The molecular formula is C25H24F3N5O2S. The number of nitrogens with zero attached hydrogens (tertiary/aromatic N) is 4. The summed E-state index contributed by atoms with van der Waals surface area (Å²) in [5.74, 6) is 0.261. The molecule has 2 saturated heterocycles. The molecular weight excluding hydrogens is 491 g/mol. The van der Waals surface area contributed by atoms with Crippen LogP contribution in [0.4, 0.5) is 18.9 Å². The number of hydrogen-bond donors (Lipinski definition) is 1. The molecule has 188 valence electrons. The number of benzene rings is 2. The molecule has 7 nitrogen and oxygen atoms in total. The summed E-state index contributed by atoms with van der Waals surface area (Å²) in [5, 5.41) is 21.0. The number of fused-ring (bicyclic) bond motifs is 2. The van der Waals surface area contributed by atoms with E-state index in [1.165, 1.54) is 30.3 Å². The Bertz CT molecular complexity index is 1160. The summed E-state index contributed by atoms with van der Waals surface area (Å²) in [6.45, 7) is 2.81. The summed E-state index contributed by atoms with van der Waals surface area (Å²) in [7, 11) is 0. The maximum atomic E-state index is 12.5. The number of carbonyl (C=O) groups excluding carboxylic acids is 1. The zero-order valence-electron chi connectivity index (χ0n) is 19.3. The molecule has 0 aromatic heterocycles. The van der Waals surface area contributed by atoms with Crippen molar-refractivity contribution in [2.45, 2.75) is 35.3 Å². The Labute approximate surface area is 211 Å². The molecule has 2 aromatic carbocycles. The van der Waals surface area contributed by atoms with Gasteiger partial charge in [0.1, 0.15) is 18.4 Å². The molecule has 11 heteroatoms. The van der Waals surface area contributed by atoms with Crippen molar-refractivity contribution >= 4 is 23.4 Å². The van der Waals surface area contributed by atoms with Crippen LogP contribution in [0.2, 0.25) is 0 Å². The van der Waals surface area contributed by atoms with Gasteiger partial charge in [0.05, 0.1) is 23.7 Å². The fourth-order valence-corrected chi connectivity index (χ4v) is 5.33. The second-order valence-corrected chi connectivity index (χ2v) is 9.86. The van der Waals surface area contributed by atoms with Crippen LogP contribution in [0.5, 0.6) is 5.75 Å². The number of ether oxygens (including phenoxy) is 1. The number of piperazine rings is 1. The van der Waals surface area contributed by atoms with Crippen molar-refractivity contribution in [3.8, 4) is 17.9 Å². The van der Waals surface area contributed by atoms with Gasteiger partial charge >= 0.3 is 5.51 Å². The minimum atomic E-state index is -4.35. The highest BCUT2D eigenvalue weighted by Crippen LogP contribution is 2.37. The first kappa shape index (κ1) is 25.8. The van der Waals surface area contributed by atoms with Gasteiger partial charge in [-0.25, -0.2) is 0 Å². The highest BCUT2D eigenvalue weighted by Gasteiger charge is 2.40. The third-order valence-corrected chi connectivity index (χ3v) is 7.02. The van der Waals surface area contributed by atoms with E-state index in [0.717, 1.165) is 25.9 Å². The quantitative estimate of drug-likeness (QED) is 0.527. The lowest BCUT2D eigenvalue weighted by Crippen LogP contribution is -2.55. The van der Waals surface area contributed by atoms with E-state index >= 15 is 0 Å². The number of nitriles is 2. The van der Waals surface area contributed by atoms with E-state index in [-0.39, 0.29) is 29.1 Å². The molecule has 2 bridgehead atoms. The molecule has 2 aliphatic rings. The molecule has 0 spiro atoms. The Hall–Kier alpha value is -3.25. The van der Waals surface area contributed by atoms with Crippen LogP contribution in [-0.2, 0) is 4.79 Å². The first-order valence-electron chi connectivity index (χ1n) is 11.4. The minimum absolute atomic E-state index is 0.0696. The number of nitrogens with one attached hydrogen (secondary N) is 1. The van der Waals surface area contributed by atoms with E-state index < -0.39 is 5.51 Å². The van der Waals surface area contributed by atoms with Gasteiger partial charge < -0.3 is 10.1 Å². The number of hydrogen-bond acceptors (Lipinski definition) is 7. The number of carbonyl (C=O) groups is 1. The summed E-state index contributed by atoms with van der Waals surface area (Å²) in [5.41, 5.74) is -3.14. The number of amides is 1. The van der Waals surface area contributed by atoms with E-state index in [1.54, 1.807) is 12.1 Å². The predicted octanol–water partition coefficient (Wildman–Crippen LogP) is 4.21. The Kier molecular flexibility index (Phi) is 8.04. The first-order valence-corrected chi connectivity index (χ1v) is 12.3. The van der Waals surface area contributed by atoms with Crippen LogP contribution in [0.1, 0.15) is 24.0 Å². The molecule has 0 radical (unpaired) electrons. The van der Waals surface area contributed by atoms with Gasteiger partial charge in [-0.15, -0.1) is 0 Å². The number of anilines is 1. The molecule has 4 rings (SSSR count). The van der Waals surface area contributed by atoms with Gasteiger partial charge in [0, 0.05) is 42.3 Å². The van der Waals surface area contributed by atoms with Gasteiger partial charge in [-0.2, -0.15) is 23.7 Å². The van der Waals surface area contributed by atoms with Crippen LogP contribution < -0.4 is 10.1 Å². The number of halogens is 3. The molecule has 36 heavy (non-hydrogen) atoms. The predicted molar refractivity (Wildman–Crippen MR) is 128 cm³/mol. The van der Waals surface area contributed by atoms with Crippen molar-refractivity contribution in [3.05, 3.63) is 53.6 Å². The lowest BCUT2D eigenvalue weighted by atomic mass is 10.1. The molecule has 2 fully saturated rings. The molecule has 2 atom stereocenters. The number of alkyl halides is 3. The molecule has 0 saturated carbocycles. The number of rotatable bonds is 8. The number of likely N-dealkylation sites (tertiary alicyclic amines) is 1. The standard InChI is InChI=1S/C25H24F3N5O2S/c26-25(27,28)36-22-6-2-19(3-7-22)31-24(34)16-32-14-20-4-5-21(15-32)33(20)9-10-35-23-8-1-17(12-29)11-18(23)13-30/h1-3,6-8,11,20-21H,4-5,9-10,14-16H2,(H,31,34). The van der Waals surface area contributed by atoms with Crippen molar-refractivity contribution < 1.29 is 22.7 Å². The SMILES string of the molecule is N#Cc1ccc(OCCN2C3CCC2CN(CC(=O)Nc2ccc(SC(F)(F)F)cc2)C3)c(C#N)c1. The Morgan fingerprint density at radius 2 is 1.78 bits per heavy atom. The van der Waals surface area contributed by atoms with Gasteiger partial charge in [-0.1, -0.05) is 0 Å². The topological polar surface area (TPSA) is 92.4 Å². The van der Waals surface area contributed by atoms with Gasteiger partial charge in [-0.3, -0.25) is 14.6 Å². The summed E-state index contributed by atoms with van der Waals surface area (Å²) in [4.78, 5) is 17.1. The van der Waals surface area contributed by atoms with Gasteiger partial charge in [0.2, 0.25) is 5.91 Å². The molecule has 1 amide bonds. The van der Waals surface area contributed by atoms with E-state index in [9.17, 15) is 23.2 Å². The van der Waals surface area contributed by atoms with Crippen LogP contribution in [-0.4, -0.2) is 66.1 Å². The average molecular weight is 516 g/mol. The van der Waals surface area contributed by atoms with Crippen molar-refractivity contribution in [2.24, 2.45) is 0 Å². The van der Waals surface area contributed by atoms with Crippen LogP contribution in [0.15, 0.2) is 47.4 Å². The Balaban J connectivity index is 1.24. The highest BCUT2D eigenvalue weighted by atomic mass is 32.2. The van der Waals surface area contributed by atoms with Gasteiger partial charge in [0.25, 0.3) is 0 Å². The van der Waals surface area contributed by atoms with E-state index in [1.807, 2.05) is 6.07 Å². The largest absolute Gasteiger partial charge is 0.491 e. The molecule has 1 N–H and O–H groups in total. The van der Waals surface area contributed by atoms with E-state index in [0.29, 0.717) is 47.8 Å². The van der Waals surface area contributed by atoms with Crippen molar-refractivity contribution in [3.63, 3.8) is 0 Å². The average Bonchev–Trinajstić information content (AvgIpc) is 3.07. The van der Waals surface area contributed by atoms with Crippen LogP contribution in [0.3, 0.4) is 0 Å². The van der Waals surface area contributed by atoms with Crippen molar-refractivity contribution in [1.82, 2.24) is 9.80 Å². The van der Waals surface area contributed by atoms with Crippen LogP contribution in [0, 0.1) is 22.7 Å². The molecule has 2 aliphatic heterocycles. The Morgan fingerprint density at radius 3 is 2.39 bits per heavy atom. The molecule has 2 unspecified atom stereocenters. The van der Waals surface area contributed by atoms with Crippen LogP contribution >= 0.6 is 11.8 Å². The first-order chi connectivity index (χ1) is 17.2. The zero-order chi connectivity index (χ0) is 25.7.